The Balaban J connectivity index is 2.32. The van der Waals surface area contributed by atoms with Crippen molar-refractivity contribution in [3.8, 4) is 5.75 Å². The lowest BCUT2D eigenvalue weighted by molar-refractivity contribution is -0.274. The normalized spacial score (nSPS) is 12.5. The van der Waals surface area contributed by atoms with Crippen LogP contribution in [0.4, 0.5) is 37.7 Å². The Morgan fingerprint density at radius 2 is 1.64 bits per heavy atom. The Morgan fingerprint density at radius 1 is 1.00 bits per heavy atom. The second kappa shape index (κ2) is 7.22. The molecule has 0 heterocycles. The van der Waals surface area contributed by atoms with Gasteiger partial charge in [-0.25, -0.2) is 8.42 Å². The highest BCUT2D eigenvalue weighted by molar-refractivity contribution is 7.92. The molecule has 0 saturated carbocycles. The first-order chi connectivity index (χ1) is 12.7. The molecule has 2 aromatic rings. The van der Waals surface area contributed by atoms with Crippen LogP contribution in [-0.4, -0.2) is 26.2 Å². The molecule has 28 heavy (non-hydrogen) atoms. The molecule has 0 saturated heterocycles. The molecule has 2 aromatic carbocycles. The molecule has 0 bridgehead atoms. The first kappa shape index (κ1) is 21.3. The minimum atomic E-state index is -5.70. The molecule has 0 aliphatic rings. The van der Waals surface area contributed by atoms with Gasteiger partial charge in [0.1, 0.15) is 5.75 Å². The predicted molar refractivity (Wildman–Crippen MR) is 85.2 cm³/mol. The predicted octanol–water partition coefficient (Wildman–Crippen LogP) is 3.71. The Hall–Kier alpha value is -2.96. The molecule has 3 N–H and O–H groups in total. The summed E-state index contributed by atoms with van der Waals surface area (Å²) in [6, 6.07) is 5.76. The highest BCUT2D eigenvalue weighted by atomic mass is 32.2. The first-order valence-corrected chi connectivity index (χ1v) is 8.57. The zero-order valence-electron chi connectivity index (χ0n) is 13.4. The van der Waals surface area contributed by atoms with E-state index in [0.29, 0.717) is 12.1 Å². The summed E-state index contributed by atoms with van der Waals surface area (Å²) in [4.78, 5) is 11.0. The fourth-order valence-corrected chi connectivity index (χ4v) is 2.76. The van der Waals surface area contributed by atoms with Crippen LogP contribution in [0.5, 0.6) is 5.75 Å². The van der Waals surface area contributed by atoms with Gasteiger partial charge >= 0.3 is 11.9 Å². The summed E-state index contributed by atoms with van der Waals surface area (Å²) < 4.78 is 101. The molecule has 0 radical (unpaired) electrons. The molecule has 0 aromatic heterocycles. The first-order valence-electron chi connectivity index (χ1n) is 7.09. The van der Waals surface area contributed by atoms with Crippen molar-refractivity contribution in [2.75, 3.05) is 11.1 Å². The van der Waals surface area contributed by atoms with Gasteiger partial charge in [0.15, 0.2) is 0 Å². The zero-order chi connectivity index (χ0) is 21.3. The summed E-state index contributed by atoms with van der Waals surface area (Å²) in [5.41, 5.74) is -1.14. The van der Waals surface area contributed by atoms with Gasteiger partial charge in [0, 0.05) is 5.56 Å². The minimum Gasteiger partial charge on any atom is -0.406 e. The van der Waals surface area contributed by atoms with Crippen molar-refractivity contribution in [3.05, 3.63) is 48.0 Å². The molecule has 6 nitrogen and oxygen atoms in total. The molecular weight excluding hydrogens is 418 g/mol. The van der Waals surface area contributed by atoms with Crippen LogP contribution in [-0.2, 0) is 9.84 Å². The molecule has 0 spiro atoms. The van der Waals surface area contributed by atoms with E-state index in [2.05, 4.69) is 4.74 Å². The van der Waals surface area contributed by atoms with Crippen LogP contribution >= 0.6 is 0 Å². The number of ether oxygens (including phenoxy) is 1. The molecule has 0 unspecified atom stereocenters. The number of rotatable bonds is 4. The van der Waals surface area contributed by atoms with Gasteiger partial charge in [-0.1, -0.05) is 6.07 Å². The Morgan fingerprint density at radius 3 is 2.21 bits per heavy atom. The average Bonchev–Trinajstić information content (AvgIpc) is 2.54. The van der Waals surface area contributed by atoms with E-state index in [9.17, 15) is 39.6 Å². The lowest BCUT2D eigenvalue weighted by atomic mass is 10.2. The van der Waals surface area contributed by atoms with Crippen molar-refractivity contribution in [2.24, 2.45) is 0 Å². The van der Waals surface area contributed by atoms with E-state index in [1.54, 1.807) is 0 Å². The lowest BCUT2D eigenvalue weighted by Gasteiger charge is -2.13. The highest BCUT2D eigenvalue weighted by Gasteiger charge is 2.47. The number of benzene rings is 2. The van der Waals surface area contributed by atoms with Crippen molar-refractivity contribution < 1.29 is 44.3 Å². The maximum atomic E-state index is 12.6. The van der Waals surface area contributed by atoms with Gasteiger partial charge in [-0.05, 0) is 36.4 Å². The molecule has 13 heteroatoms. The summed E-state index contributed by atoms with van der Waals surface area (Å²) in [5.74, 6) is -1.76. The summed E-state index contributed by atoms with van der Waals surface area (Å²) in [5, 5.41) is 2.05. The van der Waals surface area contributed by atoms with Crippen LogP contribution in [0.2, 0.25) is 0 Å². The third-order valence-corrected chi connectivity index (χ3v) is 4.70. The fraction of sp³-hybridized carbons (Fsp3) is 0.133. The quantitative estimate of drug-likeness (QED) is 0.572. The van der Waals surface area contributed by atoms with Crippen molar-refractivity contribution >= 4 is 27.1 Å². The monoisotopic (exact) mass is 428 g/mol. The minimum absolute atomic E-state index is 0.267. The molecular formula is C15H10F6N2O4S. The number of carbonyl (C=O) groups excluding carboxylic acids is 1. The molecule has 0 fully saturated rings. The SMILES string of the molecule is Nc1ccc(S(=O)(=O)C(F)(F)F)cc1NC(=O)c1cccc(OC(F)(F)F)c1. The Labute approximate surface area is 153 Å². The molecule has 1 amide bonds. The lowest BCUT2D eigenvalue weighted by Crippen LogP contribution is -2.23. The number of anilines is 2. The number of nitrogen functional groups attached to an aromatic ring is 1. The standard InChI is InChI=1S/C15H10F6N2O4S/c16-14(17,18)27-9-3-1-2-8(6-9)13(24)23-12-7-10(4-5-11(12)22)28(25,26)15(19,20)21/h1-7H,22H2,(H,23,24). The fourth-order valence-electron chi connectivity index (χ4n) is 1.97. The van der Waals surface area contributed by atoms with Crippen molar-refractivity contribution in [3.63, 3.8) is 0 Å². The zero-order valence-corrected chi connectivity index (χ0v) is 14.2. The molecule has 0 aliphatic heterocycles. The van der Waals surface area contributed by atoms with E-state index in [1.165, 1.54) is 0 Å². The Bertz CT molecular complexity index is 1000. The number of hydrogen-bond acceptors (Lipinski definition) is 5. The van der Waals surface area contributed by atoms with E-state index in [-0.39, 0.29) is 11.3 Å². The number of hydrogen-bond donors (Lipinski definition) is 2. The van der Waals surface area contributed by atoms with Gasteiger partial charge < -0.3 is 15.8 Å². The average molecular weight is 428 g/mol. The van der Waals surface area contributed by atoms with Crippen LogP contribution in [0.1, 0.15) is 10.4 Å². The summed E-state index contributed by atoms with van der Waals surface area (Å²) in [7, 11) is -5.70. The van der Waals surface area contributed by atoms with E-state index >= 15 is 0 Å². The maximum absolute atomic E-state index is 12.6. The van der Waals surface area contributed by atoms with Crippen LogP contribution < -0.4 is 15.8 Å². The number of amides is 1. The van der Waals surface area contributed by atoms with Crippen LogP contribution in [0.3, 0.4) is 0 Å². The maximum Gasteiger partial charge on any atom is 0.573 e. The van der Waals surface area contributed by atoms with Gasteiger partial charge in [-0.15, -0.1) is 13.2 Å². The van der Waals surface area contributed by atoms with Crippen LogP contribution in [0.25, 0.3) is 0 Å². The van der Waals surface area contributed by atoms with Crippen molar-refractivity contribution in [1.29, 1.82) is 0 Å². The number of halogens is 6. The Kier molecular flexibility index (Phi) is 5.50. The molecule has 0 aliphatic carbocycles. The van der Waals surface area contributed by atoms with E-state index in [0.717, 1.165) is 30.3 Å². The highest BCUT2D eigenvalue weighted by Crippen LogP contribution is 2.33. The van der Waals surface area contributed by atoms with Crippen molar-refractivity contribution in [1.82, 2.24) is 0 Å². The molecule has 0 atom stereocenters. The smallest absolute Gasteiger partial charge is 0.406 e. The topological polar surface area (TPSA) is 98.5 Å². The van der Waals surface area contributed by atoms with E-state index in [4.69, 9.17) is 5.73 Å². The number of nitrogens with two attached hydrogens (primary N) is 1. The van der Waals surface area contributed by atoms with Crippen molar-refractivity contribution in [2.45, 2.75) is 16.8 Å². The number of nitrogens with one attached hydrogen (secondary N) is 1. The summed E-state index contributed by atoms with van der Waals surface area (Å²) in [6.07, 6.45) is -5.00. The third-order valence-electron chi connectivity index (χ3n) is 3.22. The largest absolute Gasteiger partial charge is 0.573 e. The van der Waals surface area contributed by atoms with E-state index in [1.807, 2.05) is 5.32 Å². The number of carbonyl (C=O) groups is 1. The van der Waals surface area contributed by atoms with Gasteiger partial charge in [0.25, 0.3) is 15.7 Å². The second-order valence-corrected chi connectivity index (χ2v) is 7.17. The molecule has 152 valence electrons. The number of alkyl halides is 6. The van der Waals surface area contributed by atoms with Gasteiger partial charge in [-0.2, -0.15) is 13.2 Å². The van der Waals surface area contributed by atoms with Crippen LogP contribution in [0, 0.1) is 0 Å². The number of sulfone groups is 1. The van der Waals surface area contributed by atoms with E-state index < -0.39 is 43.9 Å². The van der Waals surface area contributed by atoms with Crippen LogP contribution in [0.15, 0.2) is 47.4 Å². The second-order valence-electron chi connectivity index (χ2n) is 5.23. The molecule has 2 rings (SSSR count). The van der Waals surface area contributed by atoms with Gasteiger partial charge in [-0.3, -0.25) is 4.79 Å². The summed E-state index contributed by atoms with van der Waals surface area (Å²) >= 11 is 0. The van der Waals surface area contributed by atoms with Gasteiger partial charge in [0.05, 0.1) is 16.3 Å². The third kappa shape index (κ3) is 4.85. The van der Waals surface area contributed by atoms with Gasteiger partial charge in [0.2, 0.25) is 0 Å². The summed E-state index contributed by atoms with van der Waals surface area (Å²) in [6.45, 7) is 0.